The summed E-state index contributed by atoms with van der Waals surface area (Å²) in [7, 11) is 3.19. The predicted octanol–water partition coefficient (Wildman–Crippen LogP) is 1.04. The molecule has 4 heteroatoms. The Kier molecular flexibility index (Phi) is 5.15. The van der Waals surface area contributed by atoms with Gasteiger partial charge in [0.1, 0.15) is 0 Å². The molecule has 0 aromatic carbocycles. The molecule has 0 atom stereocenters. The van der Waals surface area contributed by atoms with Crippen LogP contribution in [0.1, 0.15) is 19.8 Å². The molecular formula is C7H15N3O. The number of urea groups is 1. The molecule has 1 N–H and O–H groups in total. The summed E-state index contributed by atoms with van der Waals surface area (Å²) < 4.78 is 0. The van der Waals surface area contributed by atoms with Crippen molar-refractivity contribution in [2.75, 3.05) is 14.1 Å². The highest BCUT2D eigenvalue weighted by Gasteiger charge is 2.00. The second kappa shape index (κ2) is 5.70. The number of amides is 2. The van der Waals surface area contributed by atoms with Gasteiger partial charge < -0.3 is 5.32 Å². The smallest absolute Gasteiger partial charge is 0.337 e. The van der Waals surface area contributed by atoms with Crippen LogP contribution in [-0.2, 0) is 0 Å². The average Bonchev–Trinajstić information content (AvgIpc) is 2.03. The third kappa shape index (κ3) is 4.36. The van der Waals surface area contributed by atoms with Crippen molar-refractivity contribution in [2.24, 2.45) is 5.10 Å². The molecular weight excluding hydrogens is 142 g/mol. The quantitative estimate of drug-likeness (QED) is 0.483. The number of carbonyl (C=O) groups is 1. The largest absolute Gasteiger partial charge is 0.340 e. The van der Waals surface area contributed by atoms with Gasteiger partial charge in [0.2, 0.25) is 0 Å². The zero-order valence-corrected chi connectivity index (χ0v) is 7.29. The van der Waals surface area contributed by atoms with Crippen LogP contribution in [0.2, 0.25) is 0 Å². The Morgan fingerprint density at radius 1 is 1.73 bits per heavy atom. The minimum atomic E-state index is -0.197. The van der Waals surface area contributed by atoms with Crippen molar-refractivity contribution in [3.8, 4) is 0 Å². The van der Waals surface area contributed by atoms with E-state index in [9.17, 15) is 4.79 Å². The molecule has 0 heterocycles. The van der Waals surface area contributed by atoms with Gasteiger partial charge in [0.05, 0.1) is 0 Å². The Labute approximate surface area is 67.3 Å². The van der Waals surface area contributed by atoms with Crippen LogP contribution in [0.4, 0.5) is 4.79 Å². The maximum atomic E-state index is 10.8. The predicted molar refractivity (Wildman–Crippen MR) is 45.6 cm³/mol. The van der Waals surface area contributed by atoms with E-state index >= 15 is 0 Å². The van der Waals surface area contributed by atoms with Crippen LogP contribution >= 0.6 is 0 Å². The first-order chi connectivity index (χ1) is 5.22. The molecule has 0 unspecified atom stereocenters. The molecule has 0 saturated carbocycles. The highest BCUT2D eigenvalue weighted by molar-refractivity contribution is 5.74. The fraction of sp³-hybridized carbons (Fsp3) is 0.714. The number of rotatable bonds is 3. The highest BCUT2D eigenvalue weighted by Crippen LogP contribution is 1.86. The fourth-order valence-corrected chi connectivity index (χ4v) is 0.524. The van der Waals surface area contributed by atoms with Crippen molar-refractivity contribution in [3.63, 3.8) is 0 Å². The maximum absolute atomic E-state index is 10.8. The number of hydrogen-bond acceptors (Lipinski definition) is 2. The van der Waals surface area contributed by atoms with E-state index in [1.54, 1.807) is 20.3 Å². The number of nitrogens with zero attached hydrogens (tertiary/aromatic N) is 2. The van der Waals surface area contributed by atoms with Crippen molar-refractivity contribution in [3.05, 3.63) is 0 Å². The highest BCUT2D eigenvalue weighted by atomic mass is 16.2. The Balaban J connectivity index is 3.66. The Hall–Kier alpha value is -1.06. The first-order valence-electron chi connectivity index (χ1n) is 3.70. The van der Waals surface area contributed by atoms with Crippen molar-refractivity contribution in [1.82, 2.24) is 10.3 Å². The van der Waals surface area contributed by atoms with E-state index in [-0.39, 0.29) is 6.03 Å². The normalized spacial score (nSPS) is 10.1. The van der Waals surface area contributed by atoms with Gasteiger partial charge in [-0.3, -0.25) is 0 Å². The Bertz CT molecular complexity index is 145. The summed E-state index contributed by atoms with van der Waals surface area (Å²) in [5, 5.41) is 7.62. The van der Waals surface area contributed by atoms with Gasteiger partial charge in [-0.1, -0.05) is 13.3 Å². The van der Waals surface area contributed by atoms with Crippen molar-refractivity contribution in [2.45, 2.75) is 19.8 Å². The van der Waals surface area contributed by atoms with Crippen molar-refractivity contribution in [1.29, 1.82) is 0 Å². The molecule has 2 amide bonds. The lowest BCUT2D eigenvalue weighted by Gasteiger charge is -2.08. The monoisotopic (exact) mass is 157 g/mol. The SMILES string of the molecule is CCCC=NN(C)C(=O)NC. The summed E-state index contributed by atoms with van der Waals surface area (Å²) >= 11 is 0. The van der Waals surface area contributed by atoms with Crippen LogP contribution in [0.25, 0.3) is 0 Å². The van der Waals surface area contributed by atoms with Gasteiger partial charge in [0, 0.05) is 20.3 Å². The number of hydrazone groups is 1. The molecule has 0 bridgehead atoms. The summed E-state index contributed by atoms with van der Waals surface area (Å²) in [6, 6.07) is -0.197. The summed E-state index contributed by atoms with van der Waals surface area (Å²) in [4.78, 5) is 10.8. The molecule has 0 spiro atoms. The zero-order valence-electron chi connectivity index (χ0n) is 7.29. The molecule has 0 aromatic rings. The molecule has 0 aromatic heterocycles. The lowest BCUT2D eigenvalue weighted by atomic mass is 10.4. The van der Waals surface area contributed by atoms with E-state index in [0.717, 1.165) is 12.8 Å². The second-order valence-corrected chi connectivity index (χ2v) is 2.17. The summed E-state index contributed by atoms with van der Waals surface area (Å²) in [6.45, 7) is 2.06. The maximum Gasteiger partial charge on any atom is 0.337 e. The third-order valence-corrected chi connectivity index (χ3v) is 1.18. The van der Waals surface area contributed by atoms with Gasteiger partial charge in [0.25, 0.3) is 0 Å². The van der Waals surface area contributed by atoms with E-state index in [1.807, 2.05) is 0 Å². The lowest BCUT2D eigenvalue weighted by Crippen LogP contribution is -2.30. The molecule has 0 aliphatic carbocycles. The van der Waals surface area contributed by atoms with E-state index in [0.29, 0.717) is 0 Å². The van der Waals surface area contributed by atoms with Crippen LogP contribution in [0.5, 0.6) is 0 Å². The Morgan fingerprint density at radius 2 is 2.36 bits per heavy atom. The van der Waals surface area contributed by atoms with Gasteiger partial charge in [0.15, 0.2) is 0 Å². The molecule has 64 valence electrons. The van der Waals surface area contributed by atoms with Gasteiger partial charge in [-0.15, -0.1) is 0 Å². The summed E-state index contributed by atoms with van der Waals surface area (Å²) in [6.07, 6.45) is 3.68. The van der Waals surface area contributed by atoms with Crippen LogP contribution in [0, 0.1) is 0 Å². The number of unbranched alkanes of at least 4 members (excludes halogenated alkanes) is 1. The molecule has 0 rings (SSSR count). The molecule has 11 heavy (non-hydrogen) atoms. The van der Waals surface area contributed by atoms with E-state index in [1.165, 1.54) is 5.01 Å². The summed E-state index contributed by atoms with van der Waals surface area (Å²) in [5.74, 6) is 0. The van der Waals surface area contributed by atoms with Crippen molar-refractivity contribution >= 4 is 12.2 Å². The van der Waals surface area contributed by atoms with E-state index in [4.69, 9.17) is 0 Å². The van der Waals surface area contributed by atoms with Crippen LogP contribution in [-0.4, -0.2) is 31.3 Å². The second-order valence-electron chi connectivity index (χ2n) is 2.17. The number of hydrogen-bond donors (Lipinski definition) is 1. The first kappa shape index (κ1) is 9.94. The standard InChI is InChI=1S/C7H15N3O/c1-4-5-6-9-10(3)7(11)8-2/h6H,4-5H2,1-3H3,(H,8,11). The van der Waals surface area contributed by atoms with E-state index < -0.39 is 0 Å². The average molecular weight is 157 g/mol. The molecule has 0 fully saturated rings. The minimum Gasteiger partial charge on any atom is -0.340 e. The minimum absolute atomic E-state index is 0.197. The van der Waals surface area contributed by atoms with Gasteiger partial charge >= 0.3 is 6.03 Å². The fourth-order valence-electron chi connectivity index (χ4n) is 0.524. The van der Waals surface area contributed by atoms with Crippen LogP contribution in [0.3, 0.4) is 0 Å². The number of nitrogens with one attached hydrogen (secondary N) is 1. The van der Waals surface area contributed by atoms with Gasteiger partial charge in [-0.25, -0.2) is 9.80 Å². The topological polar surface area (TPSA) is 44.7 Å². The Morgan fingerprint density at radius 3 is 2.82 bits per heavy atom. The molecule has 0 aliphatic rings. The lowest BCUT2D eigenvalue weighted by molar-refractivity contribution is 0.213. The molecule has 0 radical (unpaired) electrons. The summed E-state index contributed by atoms with van der Waals surface area (Å²) in [5.41, 5.74) is 0. The van der Waals surface area contributed by atoms with Crippen LogP contribution in [0.15, 0.2) is 5.10 Å². The van der Waals surface area contributed by atoms with Gasteiger partial charge in [-0.2, -0.15) is 5.10 Å². The molecule has 0 aliphatic heterocycles. The number of carbonyl (C=O) groups excluding carboxylic acids is 1. The first-order valence-corrected chi connectivity index (χ1v) is 3.70. The molecule has 0 saturated heterocycles. The van der Waals surface area contributed by atoms with E-state index in [2.05, 4.69) is 17.3 Å². The third-order valence-electron chi connectivity index (χ3n) is 1.18. The van der Waals surface area contributed by atoms with Crippen molar-refractivity contribution < 1.29 is 4.79 Å². The zero-order chi connectivity index (χ0) is 8.69. The van der Waals surface area contributed by atoms with Gasteiger partial charge in [-0.05, 0) is 6.42 Å². The molecule has 4 nitrogen and oxygen atoms in total. The van der Waals surface area contributed by atoms with Crippen LogP contribution < -0.4 is 5.32 Å².